The summed E-state index contributed by atoms with van der Waals surface area (Å²) >= 11 is 0. The van der Waals surface area contributed by atoms with Crippen LogP contribution in [0.3, 0.4) is 0 Å². The Bertz CT molecular complexity index is 533. The Labute approximate surface area is 130 Å². The van der Waals surface area contributed by atoms with Gasteiger partial charge < -0.3 is 20.5 Å². The SMILES string of the molecule is COC(=O)CNC(=O)c1cccc(CO[C@H]2CCC[C@@H]2N)c1. The summed E-state index contributed by atoms with van der Waals surface area (Å²) in [5.74, 6) is -0.798. The lowest BCUT2D eigenvalue weighted by atomic mass is 10.1. The van der Waals surface area contributed by atoms with E-state index in [1.165, 1.54) is 7.11 Å². The van der Waals surface area contributed by atoms with Crippen molar-refractivity contribution in [2.24, 2.45) is 5.73 Å². The fourth-order valence-corrected chi connectivity index (χ4v) is 2.49. The molecule has 0 spiro atoms. The molecule has 1 amide bonds. The number of rotatable bonds is 6. The molecule has 1 saturated carbocycles. The van der Waals surface area contributed by atoms with Crippen LogP contribution in [0.1, 0.15) is 35.2 Å². The molecule has 120 valence electrons. The summed E-state index contributed by atoms with van der Waals surface area (Å²) in [5, 5.41) is 2.51. The second kappa shape index (κ2) is 7.91. The fraction of sp³-hybridized carbons (Fsp3) is 0.500. The smallest absolute Gasteiger partial charge is 0.325 e. The monoisotopic (exact) mass is 306 g/mol. The summed E-state index contributed by atoms with van der Waals surface area (Å²) in [6.45, 7) is 0.281. The number of ether oxygens (including phenoxy) is 2. The Morgan fingerprint density at radius 2 is 2.18 bits per heavy atom. The predicted octanol–water partition coefficient (Wildman–Crippen LogP) is 0.986. The number of nitrogens with one attached hydrogen (secondary N) is 1. The van der Waals surface area contributed by atoms with Gasteiger partial charge in [-0.2, -0.15) is 0 Å². The lowest BCUT2D eigenvalue weighted by Gasteiger charge is -2.16. The maximum atomic E-state index is 12.0. The minimum absolute atomic E-state index is 0.0943. The highest BCUT2D eigenvalue weighted by atomic mass is 16.5. The first-order chi connectivity index (χ1) is 10.6. The van der Waals surface area contributed by atoms with Crippen molar-refractivity contribution in [3.8, 4) is 0 Å². The Balaban J connectivity index is 1.88. The van der Waals surface area contributed by atoms with Crippen LogP contribution in [-0.4, -0.2) is 37.7 Å². The van der Waals surface area contributed by atoms with Crippen molar-refractivity contribution in [1.29, 1.82) is 0 Å². The van der Waals surface area contributed by atoms with E-state index in [-0.39, 0.29) is 24.6 Å². The first-order valence-corrected chi connectivity index (χ1v) is 7.41. The molecule has 0 radical (unpaired) electrons. The molecular weight excluding hydrogens is 284 g/mol. The molecule has 2 rings (SSSR count). The van der Waals surface area contributed by atoms with E-state index in [2.05, 4.69) is 10.1 Å². The second-order valence-corrected chi connectivity index (χ2v) is 5.40. The van der Waals surface area contributed by atoms with Crippen LogP contribution in [0.4, 0.5) is 0 Å². The molecular formula is C16H22N2O4. The maximum Gasteiger partial charge on any atom is 0.325 e. The first-order valence-electron chi connectivity index (χ1n) is 7.41. The average Bonchev–Trinajstić information content (AvgIpc) is 2.95. The van der Waals surface area contributed by atoms with Crippen molar-refractivity contribution < 1.29 is 19.1 Å². The molecule has 6 heteroatoms. The molecule has 1 fully saturated rings. The van der Waals surface area contributed by atoms with E-state index in [4.69, 9.17) is 10.5 Å². The molecule has 0 unspecified atom stereocenters. The number of benzene rings is 1. The summed E-state index contributed by atoms with van der Waals surface area (Å²) in [7, 11) is 1.28. The number of nitrogens with two attached hydrogens (primary N) is 1. The number of hydrogen-bond acceptors (Lipinski definition) is 5. The number of esters is 1. The molecule has 22 heavy (non-hydrogen) atoms. The van der Waals surface area contributed by atoms with Crippen LogP contribution in [0, 0.1) is 0 Å². The van der Waals surface area contributed by atoms with E-state index in [9.17, 15) is 9.59 Å². The number of hydrogen-bond donors (Lipinski definition) is 2. The Hall–Kier alpha value is -1.92. The molecule has 0 bridgehead atoms. The zero-order valence-electron chi connectivity index (χ0n) is 12.7. The van der Waals surface area contributed by atoms with Crippen LogP contribution in [-0.2, 0) is 20.9 Å². The maximum absolute atomic E-state index is 12.0. The topological polar surface area (TPSA) is 90.6 Å². The van der Waals surface area contributed by atoms with Crippen LogP contribution in [0.5, 0.6) is 0 Å². The fourth-order valence-electron chi connectivity index (χ4n) is 2.49. The van der Waals surface area contributed by atoms with Crippen LogP contribution in [0.2, 0.25) is 0 Å². The largest absolute Gasteiger partial charge is 0.468 e. The normalized spacial score (nSPS) is 20.6. The van der Waals surface area contributed by atoms with Crippen molar-refractivity contribution in [1.82, 2.24) is 5.32 Å². The van der Waals surface area contributed by atoms with Gasteiger partial charge in [0.15, 0.2) is 0 Å². The van der Waals surface area contributed by atoms with Gasteiger partial charge in [-0.1, -0.05) is 12.1 Å². The molecule has 0 aromatic heterocycles. The molecule has 1 aliphatic rings. The van der Waals surface area contributed by atoms with Crippen molar-refractivity contribution in [3.05, 3.63) is 35.4 Å². The van der Waals surface area contributed by atoms with Gasteiger partial charge >= 0.3 is 5.97 Å². The van der Waals surface area contributed by atoms with Gasteiger partial charge in [-0.15, -0.1) is 0 Å². The predicted molar refractivity (Wildman–Crippen MR) is 81.2 cm³/mol. The van der Waals surface area contributed by atoms with Crippen LogP contribution in [0.25, 0.3) is 0 Å². The van der Waals surface area contributed by atoms with E-state index < -0.39 is 5.97 Å². The Morgan fingerprint density at radius 3 is 2.86 bits per heavy atom. The third kappa shape index (κ3) is 4.54. The van der Waals surface area contributed by atoms with Crippen molar-refractivity contribution in [2.45, 2.75) is 38.0 Å². The zero-order valence-corrected chi connectivity index (χ0v) is 12.7. The number of carbonyl (C=O) groups excluding carboxylic acids is 2. The standard InChI is InChI=1S/C16H22N2O4/c1-21-15(19)9-18-16(20)12-5-2-4-11(8-12)10-22-14-7-3-6-13(14)17/h2,4-5,8,13-14H,3,6-7,9-10,17H2,1H3,(H,18,20)/t13-,14-/m0/s1. The average molecular weight is 306 g/mol. The molecule has 0 aliphatic heterocycles. The third-order valence-electron chi connectivity index (χ3n) is 3.78. The van der Waals surface area contributed by atoms with Gasteiger partial charge in [-0.25, -0.2) is 0 Å². The van der Waals surface area contributed by atoms with E-state index in [0.717, 1.165) is 24.8 Å². The van der Waals surface area contributed by atoms with Gasteiger partial charge in [0.2, 0.25) is 0 Å². The van der Waals surface area contributed by atoms with Crippen LogP contribution in [0.15, 0.2) is 24.3 Å². The van der Waals surface area contributed by atoms with Gasteiger partial charge in [-0.05, 0) is 37.0 Å². The number of carbonyl (C=O) groups is 2. The highest BCUT2D eigenvalue weighted by molar-refractivity contribution is 5.96. The molecule has 1 aromatic carbocycles. The van der Waals surface area contributed by atoms with Crippen LogP contribution >= 0.6 is 0 Å². The molecule has 1 aliphatic carbocycles. The van der Waals surface area contributed by atoms with Gasteiger partial charge in [0.1, 0.15) is 6.54 Å². The van der Waals surface area contributed by atoms with Gasteiger partial charge in [0.25, 0.3) is 5.91 Å². The van der Waals surface area contributed by atoms with E-state index >= 15 is 0 Å². The number of amides is 1. The Kier molecular flexibility index (Phi) is 5.91. The van der Waals surface area contributed by atoms with Gasteiger partial charge in [0, 0.05) is 11.6 Å². The summed E-state index contributed by atoms with van der Waals surface area (Å²) in [6.07, 6.45) is 3.18. The molecule has 3 N–H and O–H groups in total. The summed E-state index contributed by atoms with van der Waals surface area (Å²) in [5.41, 5.74) is 7.36. The third-order valence-corrected chi connectivity index (χ3v) is 3.78. The molecule has 2 atom stereocenters. The van der Waals surface area contributed by atoms with Gasteiger partial charge in [-0.3, -0.25) is 9.59 Å². The summed E-state index contributed by atoms with van der Waals surface area (Å²) in [6, 6.07) is 7.24. The quantitative estimate of drug-likeness (QED) is 0.765. The lowest BCUT2D eigenvalue weighted by Crippen LogP contribution is -2.31. The van der Waals surface area contributed by atoms with Crippen molar-refractivity contribution >= 4 is 11.9 Å². The molecule has 0 heterocycles. The van der Waals surface area contributed by atoms with Crippen LogP contribution < -0.4 is 11.1 Å². The van der Waals surface area contributed by atoms with E-state index in [1.54, 1.807) is 18.2 Å². The molecule has 6 nitrogen and oxygen atoms in total. The van der Waals surface area contributed by atoms with E-state index in [0.29, 0.717) is 12.2 Å². The number of methoxy groups -OCH3 is 1. The highest BCUT2D eigenvalue weighted by Gasteiger charge is 2.24. The van der Waals surface area contributed by atoms with Gasteiger partial charge in [0.05, 0.1) is 19.8 Å². The molecule has 0 saturated heterocycles. The zero-order chi connectivity index (χ0) is 15.9. The minimum atomic E-state index is -0.483. The van der Waals surface area contributed by atoms with E-state index in [1.807, 2.05) is 6.07 Å². The lowest BCUT2D eigenvalue weighted by molar-refractivity contribution is -0.139. The minimum Gasteiger partial charge on any atom is -0.468 e. The van der Waals surface area contributed by atoms with Crippen molar-refractivity contribution in [2.75, 3.05) is 13.7 Å². The van der Waals surface area contributed by atoms with Crippen molar-refractivity contribution in [3.63, 3.8) is 0 Å². The summed E-state index contributed by atoms with van der Waals surface area (Å²) in [4.78, 5) is 23.0. The first kappa shape index (κ1) is 16.5. The Morgan fingerprint density at radius 1 is 1.36 bits per heavy atom. The second-order valence-electron chi connectivity index (χ2n) is 5.40. The highest BCUT2D eigenvalue weighted by Crippen LogP contribution is 2.21. The molecule has 1 aromatic rings. The summed E-state index contributed by atoms with van der Waals surface area (Å²) < 4.78 is 10.3.